The van der Waals surface area contributed by atoms with Crippen molar-refractivity contribution in [2.45, 2.75) is 83.7 Å². The van der Waals surface area contributed by atoms with Crippen LogP contribution in [-0.2, 0) is 4.74 Å². The summed E-state index contributed by atoms with van der Waals surface area (Å²) in [6.45, 7) is 5.53. The predicted octanol–water partition coefficient (Wildman–Crippen LogP) is 4.46. The highest BCUT2D eigenvalue weighted by atomic mass is 16.5. The summed E-state index contributed by atoms with van der Waals surface area (Å²) in [5.41, 5.74) is 0. The first-order valence-electron chi connectivity index (χ1n) is 9.59. The van der Waals surface area contributed by atoms with Crippen LogP contribution in [0.15, 0.2) is 0 Å². The minimum absolute atomic E-state index is 0.393. The summed E-state index contributed by atoms with van der Waals surface area (Å²) in [5, 5.41) is 3.52. The van der Waals surface area contributed by atoms with E-state index in [1.165, 1.54) is 70.6 Å². The van der Waals surface area contributed by atoms with E-state index in [0.29, 0.717) is 6.10 Å². The Hall–Kier alpha value is -0.120. The molecule has 0 radical (unpaired) electrons. The largest absolute Gasteiger partial charge is 0.380 e. The molecule has 0 aromatic rings. The summed E-state index contributed by atoms with van der Waals surface area (Å²) in [6.07, 6.45) is 15.4. The molecule has 0 heterocycles. The van der Waals surface area contributed by atoms with E-state index >= 15 is 0 Å². The molecule has 0 spiro atoms. The van der Waals surface area contributed by atoms with Crippen LogP contribution >= 0.6 is 0 Å². The van der Waals surface area contributed by atoms with E-state index < -0.39 is 0 Å². The Kier molecular flexibility index (Phi) is 17.1. The zero-order valence-corrected chi connectivity index (χ0v) is 15.8. The molecular formula is C19H42N2O. The lowest BCUT2D eigenvalue weighted by Gasteiger charge is -2.16. The Balaban J connectivity index is 3.31. The van der Waals surface area contributed by atoms with E-state index in [1.54, 1.807) is 0 Å². The lowest BCUT2D eigenvalue weighted by molar-refractivity contribution is 0.0919. The number of methoxy groups -OCH3 is 1. The second-order valence-corrected chi connectivity index (χ2v) is 6.84. The molecule has 0 rings (SSSR count). The zero-order valence-electron chi connectivity index (χ0n) is 15.8. The number of hydrogen-bond acceptors (Lipinski definition) is 3. The average molecular weight is 315 g/mol. The van der Waals surface area contributed by atoms with Crippen LogP contribution in [0, 0.1) is 0 Å². The molecule has 0 aliphatic carbocycles. The fraction of sp³-hybridized carbons (Fsp3) is 1.00. The second kappa shape index (κ2) is 17.2. The van der Waals surface area contributed by atoms with Gasteiger partial charge in [0.05, 0.1) is 6.10 Å². The van der Waals surface area contributed by atoms with E-state index in [4.69, 9.17) is 4.74 Å². The van der Waals surface area contributed by atoms with E-state index in [0.717, 1.165) is 19.6 Å². The van der Waals surface area contributed by atoms with Gasteiger partial charge >= 0.3 is 0 Å². The Morgan fingerprint density at radius 3 is 2.00 bits per heavy atom. The Morgan fingerprint density at radius 1 is 0.864 bits per heavy atom. The van der Waals surface area contributed by atoms with Crippen LogP contribution < -0.4 is 5.32 Å². The number of nitrogens with one attached hydrogen (secondary N) is 1. The molecule has 0 unspecified atom stereocenters. The van der Waals surface area contributed by atoms with Gasteiger partial charge in [-0.2, -0.15) is 0 Å². The first-order valence-corrected chi connectivity index (χ1v) is 9.59. The van der Waals surface area contributed by atoms with Crippen LogP contribution in [0.5, 0.6) is 0 Å². The van der Waals surface area contributed by atoms with Gasteiger partial charge in [0.1, 0.15) is 0 Å². The fourth-order valence-corrected chi connectivity index (χ4v) is 2.77. The van der Waals surface area contributed by atoms with Crippen LogP contribution in [0.1, 0.15) is 77.6 Å². The third kappa shape index (κ3) is 16.3. The Labute approximate surface area is 140 Å². The standard InChI is InChI=1S/C19H42N2O/c1-5-6-7-8-9-10-11-12-13-15-19(22-4)18-20-16-14-17-21(2)3/h19-20H,5-18H2,1-4H3/t19-/m1/s1. The van der Waals surface area contributed by atoms with Gasteiger partial charge in [-0.3, -0.25) is 0 Å². The van der Waals surface area contributed by atoms with Gasteiger partial charge in [-0.15, -0.1) is 0 Å². The van der Waals surface area contributed by atoms with Crippen LogP contribution in [0.25, 0.3) is 0 Å². The summed E-state index contributed by atoms with van der Waals surface area (Å²) in [5.74, 6) is 0. The predicted molar refractivity (Wildman–Crippen MR) is 98.7 cm³/mol. The molecule has 0 fully saturated rings. The smallest absolute Gasteiger partial charge is 0.0695 e. The molecule has 0 aromatic carbocycles. The Morgan fingerprint density at radius 2 is 1.45 bits per heavy atom. The lowest BCUT2D eigenvalue weighted by atomic mass is 10.0. The molecule has 0 aliphatic rings. The molecule has 0 aliphatic heterocycles. The lowest BCUT2D eigenvalue weighted by Crippen LogP contribution is -2.30. The van der Waals surface area contributed by atoms with Crippen LogP contribution in [0.2, 0.25) is 0 Å². The number of rotatable bonds is 17. The first kappa shape index (κ1) is 21.9. The van der Waals surface area contributed by atoms with E-state index in [9.17, 15) is 0 Å². The van der Waals surface area contributed by atoms with Crippen molar-refractivity contribution in [3.63, 3.8) is 0 Å². The van der Waals surface area contributed by atoms with Crippen molar-refractivity contribution in [2.24, 2.45) is 0 Å². The maximum Gasteiger partial charge on any atom is 0.0695 e. The van der Waals surface area contributed by atoms with Crippen molar-refractivity contribution in [2.75, 3.05) is 40.8 Å². The highest BCUT2D eigenvalue weighted by Crippen LogP contribution is 2.12. The third-order valence-electron chi connectivity index (χ3n) is 4.29. The molecular weight excluding hydrogens is 272 g/mol. The quantitative estimate of drug-likeness (QED) is 0.401. The monoisotopic (exact) mass is 314 g/mol. The normalized spacial score (nSPS) is 13.0. The van der Waals surface area contributed by atoms with Crippen LogP contribution in [0.3, 0.4) is 0 Å². The number of nitrogens with zero attached hydrogens (tertiary/aromatic N) is 1. The van der Waals surface area contributed by atoms with Crippen molar-refractivity contribution < 1.29 is 4.74 Å². The minimum Gasteiger partial charge on any atom is -0.380 e. The average Bonchev–Trinajstić information content (AvgIpc) is 2.50. The van der Waals surface area contributed by atoms with E-state index in [1.807, 2.05) is 7.11 Å². The topological polar surface area (TPSA) is 24.5 Å². The summed E-state index contributed by atoms with van der Waals surface area (Å²) < 4.78 is 5.58. The molecule has 3 nitrogen and oxygen atoms in total. The van der Waals surface area contributed by atoms with Crippen LogP contribution in [-0.4, -0.2) is 51.8 Å². The first-order chi connectivity index (χ1) is 10.7. The van der Waals surface area contributed by atoms with Crippen LogP contribution in [0.4, 0.5) is 0 Å². The SMILES string of the molecule is CCCCCCCCCCC[C@H](CNCCCN(C)C)OC. The summed E-state index contributed by atoms with van der Waals surface area (Å²) in [7, 11) is 6.10. The summed E-state index contributed by atoms with van der Waals surface area (Å²) in [6, 6.07) is 0. The van der Waals surface area contributed by atoms with E-state index in [-0.39, 0.29) is 0 Å². The van der Waals surface area contributed by atoms with Gasteiger partial charge in [0.2, 0.25) is 0 Å². The van der Waals surface area contributed by atoms with Gasteiger partial charge in [0.25, 0.3) is 0 Å². The summed E-state index contributed by atoms with van der Waals surface area (Å²) >= 11 is 0. The Bertz CT molecular complexity index is 210. The van der Waals surface area contributed by atoms with Crippen molar-refractivity contribution in [1.82, 2.24) is 10.2 Å². The molecule has 0 aromatic heterocycles. The maximum atomic E-state index is 5.58. The maximum absolute atomic E-state index is 5.58. The number of ether oxygens (including phenoxy) is 1. The van der Waals surface area contributed by atoms with Crippen molar-refractivity contribution >= 4 is 0 Å². The number of hydrogen-bond donors (Lipinski definition) is 1. The van der Waals surface area contributed by atoms with Crippen molar-refractivity contribution in [1.29, 1.82) is 0 Å². The molecule has 0 bridgehead atoms. The number of unbranched alkanes of at least 4 members (excludes halogenated alkanes) is 8. The van der Waals surface area contributed by atoms with Gasteiger partial charge in [0, 0.05) is 13.7 Å². The molecule has 3 heteroatoms. The second-order valence-electron chi connectivity index (χ2n) is 6.84. The zero-order chi connectivity index (χ0) is 16.5. The molecule has 1 N–H and O–H groups in total. The molecule has 0 saturated heterocycles. The van der Waals surface area contributed by atoms with Crippen molar-refractivity contribution in [3.05, 3.63) is 0 Å². The van der Waals surface area contributed by atoms with Gasteiger partial charge in [-0.25, -0.2) is 0 Å². The summed E-state index contributed by atoms with van der Waals surface area (Å²) in [4.78, 5) is 2.23. The molecule has 22 heavy (non-hydrogen) atoms. The highest BCUT2D eigenvalue weighted by molar-refractivity contribution is 4.62. The van der Waals surface area contributed by atoms with Crippen molar-refractivity contribution in [3.8, 4) is 0 Å². The van der Waals surface area contributed by atoms with Gasteiger partial charge < -0.3 is 15.0 Å². The minimum atomic E-state index is 0.393. The molecule has 0 amide bonds. The molecule has 0 saturated carbocycles. The van der Waals surface area contributed by atoms with E-state index in [2.05, 4.69) is 31.2 Å². The third-order valence-corrected chi connectivity index (χ3v) is 4.29. The van der Waals surface area contributed by atoms with Gasteiger partial charge in [-0.05, 0) is 40.0 Å². The van der Waals surface area contributed by atoms with Gasteiger partial charge in [-0.1, -0.05) is 64.7 Å². The molecule has 134 valence electrons. The fourth-order valence-electron chi connectivity index (χ4n) is 2.77. The molecule has 1 atom stereocenters. The van der Waals surface area contributed by atoms with Gasteiger partial charge in [0.15, 0.2) is 0 Å². The highest BCUT2D eigenvalue weighted by Gasteiger charge is 2.06.